The zero-order valence-electron chi connectivity index (χ0n) is 12.7. The van der Waals surface area contributed by atoms with E-state index in [2.05, 4.69) is 10.3 Å². The van der Waals surface area contributed by atoms with E-state index < -0.39 is 9.84 Å². The fourth-order valence-corrected chi connectivity index (χ4v) is 4.92. The molecule has 2 N–H and O–H groups in total. The van der Waals surface area contributed by atoms with E-state index in [1.807, 2.05) is 0 Å². The van der Waals surface area contributed by atoms with Crippen molar-refractivity contribution in [1.29, 1.82) is 0 Å². The number of hydrogen-bond donors (Lipinski definition) is 2. The number of halogens is 2. The molecule has 0 atom stereocenters. The largest absolute Gasteiger partial charge is 0.359 e. The second kappa shape index (κ2) is 6.79. The maximum atomic E-state index is 14.0. The van der Waals surface area contributed by atoms with E-state index >= 15 is 0 Å². The van der Waals surface area contributed by atoms with Crippen LogP contribution in [0.2, 0.25) is 5.02 Å². The van der Waals surface area contributed by atoms with E-state index in [9.17, 15) is 12.8 Å². The minimum Gasteiger partial charge on any atom is -0.359 e. The Morgan fingerprint density at radius 3 is 2.78 bits per heavy atom. The second-order valence-corrected chi connectivity index (χ2v) is 8.86. The third-order valence-electron chi connectivity index (χ3n) is 4.56. The Morgan fingerprint density at radius 1 is 1.30 bits per heavy atom. The summed E-state index contributed by atoms with van der Waals surface area (Å²) in [6.07, 6.45) is 4.05. The van der Waals surface area contributed by atoms with Gasteiger partial charge in [0.15, 0.2) is 0 Å². The van der Waals surface area contributed by atoms with Crippen LogP contribution in [-0.2, 0) is 16.4 Å². The Bertz CT molecular complexity index is 790. The molecule has 2 aromatic rings. The Kier molecular flexibility index (Phi) is 4.94. The molecule has 0 bridgehead atoms. The average molecular weight is 359 g/mol. The molecule has 4 nitrogen and oxygen atoms in total. The molecule has 0 amide bonds. The van der Waals surface area contributed by atoms with E-state index in [4.69, 9.17) is 11.6 Å². The number of aromatic nitrogens is 1. The molecule has 1 aliphatic rings. The molecule has 0 saturated carbocycles. The number of rotatable bonds is 5. The molecule has 7 heteroatoms. The summed E-state index contributed by atoms with van der Waals surface area (Å²) in [5, 5.41) is 4.67. The molecular formula is C16H20ClFN2O2S. The predicted molar refractivity (Wildman–Crippen MR) is 91.0 cm³/mol. The maximum Gasteiger partial charge on any atom is 0.150 e. The molecule has 0 aliphatic carbocycles. The van der Waals surface area contributed by atoms with Gasteiger partial charge < -0.3 is 10.3 Å². The van der Waals surface area contributed by atoms with E-state index in [0.717, 1.165) is 36.7 Å². The summed E-state index contributed by atoms with van der Waals surface area (Å²) in [6, 6.07) is 3.11. The van der Waals surface area contributed by atoms with Crippen molar-refractivity contribution in [3.63, 3.8) is 0 Å². The maximum absolute atomic E-state index is 14.0. The van der Waals surface area contributed by atoms with Gasteiger partial charge in [-0.2, -0.15) is 0 Å². The second-order valence-electron chi connectivity index (χ2n) is 6.15. The summed E-state index contributed by atoms with van der Waals surface area (Å²) < 4.78 is 36.8. The van der Waals surface area contributed by atoms with Crippen LogP contribution in [0.1, 0.15) is 24.8 Å². The van der Waals surface area contributed by atoms with Crippen LogP contribution in [0.15, 0.2) is 18.3 Å². The van der Waals surface area contributed by atoms with Crippen LogP contribution >= 0.6 is 11.6 Å². The quantitative estimate of drug-likeness (QED) is 0.806. The number of H-pyrrole nitrogens is 1. The first-order valence-corrected chi connectivity index (χ1v) is 10.0. The summed E-state index contributed by atoms with van der Waals surface area (Å²) in [7, 11) is -2.80. The lowest BCUT2D eigenvalue weighted by atomic mass is 9.99. The standard InChI is InChI=1S/C16H20ClFN2O2S/c17-14-10-20-16-12(14)1-2-15(18)13(16)9-19-6-3-11-4-7-23(21,22)8-5-11/h1-2,10-11,19-20H,3-9H2. The highest BCUT2D eigenvalue weighted by molar-refractivity contribution is 7.91. The number of benzene rings is 1. The molecule has 0 spiro atoms. The monoisotopic (exact) mass is 358 g/mol. The van der Waals surface area contributed by atoms with Crippen molar-refractivity contribution < 1.29 is 12.8 Å². The summed E-state index contributed by atoms with van der Waals surface area (Å²) in [4.78, 5) is 3.02. The fourth-order valence-electron chi connectivity index (χ4n) is 3.12. The Balaban J connectivity index is 1.54. The van der Waals surface area contributed by atoms with Crippen LogP contribution in [0.5, 0.6) is 0 Å². The third-order valence-corrected chi connectivity index (χ3v) is 6.59. The zero-order valence-corrected chi connectivity index (χ0v) is 14.3. The molecule has 1 aliphatic heterocycles. The van der Waals surface area contributed by atoms with Crippen molar-refractivity contribution in [2.24, 2.45) is 5.92 Å². The SMILES string of the molecule is O=S1(=O)CCC(CCNCc2c(F)ccc3c(Cl)c[nH]c23)CC1. The molecule has 23 heavy (non-hydrogen) atoms. The van der Waals surface area contributed by atoms with Crippen LogP contribution in [0, 0.1) is 11.7 Å². The van der Waals surface area contributed by atoms with Gasteiger partial charge in [0.05, 0.1) is 22.0 Å². The summed E-state index contributed by atoms with van der Waals surface area (Å²) in [6.45, 7) is 1.17. The topological polar surface area (TPSA) is 62.0 Å². The van der Waals surface area contributed by atoms with Gasteiger partial charge in [0.2, 0.25) is 0 Å². The van der Waals surface area contributed by atoms with E-state index in [1.54, 1.807) is 12.3 Å². The van der Waals surface area contributed by atoms with Crippen LogP contribution in [0.4, 0.5) is 4.39 Å². The predicted octanol–water partition coefficient (Wildman–Crippen LogP) is 3.26. The smallest absolute Gasteiger partial charge is 0.150 e. The van der Waals surface area contributed by atoms with Crippen molar-refractivity contribution >= 4 is 32.3 Å². The average Bonchev–Trinajstić information content (AvgIpc) is 2.88. The highest BCUT2D eigenvalue weighted by atomic mass is 35.5. The molecule has 126 valence electrons. The van der Waals surface area contributed by atoms with Gasteiger partial charge in [0.1, 0.15) is 15.7 Å². The van der Waals surface area contributed by atoms with Crippen LogP contribution in [0.25, 0.3) is 10.9 Å². The third kappa shape index (κ3) is 3.87. The van der Waals surface area contributed by atoms with Gasteiger partial charge in [-0.1, -0.05) is 11.6 Å². The number of fused-ring (bicyclic) bond motifs is 1. The van der Waals surface area contributed by atoms with Gasteiger partial charge in [-0.3, -0.25) is 0 Å². The number of hydrogen-bond acceptors (Lipinski definition) is 3. The van der Waals surface area contributed by atoms with E-state index in [-0.39, 0.29) is 5.82 Å². The summed E-state index contributed by atoms with van der Waals surface area (Å²) >= 11 is 6.06. The molecule has 1 fully saturated rings. The normalized spacial score (nSPS) is 18.5. The van der Waals surface area contributed by atoms with Gasteiger partial charge in [-0.15, -0.1) is 0 Å². The van der Waals surface area contributed by atoms with Gasteiger partial charge in [-0.05, 0) is 43.9 Å². The van der Waals surface area contributed by atoms with Gasteiger partial charge >= 0.3 is 0 Å². The minimum absolute atomic E-state index is 0.257. The molecule has 0 radical (unpaired) electrons. The van der Waals surface area contributed by atoms with Crippen molar-refractivity contribution in [2.75, 3.05) is 18.1 Å². The van der Waals surface area contributed by atoms with E-state index in [1.165, 1.54) is 6.07 Å². The number of nitrogens with one attached hydrogen (secondary N) is 2. The number of sulfone groups is 1. The lowest BCUT2D eigenvalue weighted by Gasteiger charge is -2.21. The first-order valence-electron chi connectivity index (χ1n) is 7.81. The summed E-state index contributed by atoms with van der Waals surface area (Å²) in [5.74, 6) is 0.776. The molecule has 0 unspecified atom stereocenters. The molecule has 2 heterocycles. The van der Waals surface area contributed by atoms with Crippen molar-refractivity contribution in [3.05, 3.63) is 34.7 Å². The first kappa shape index (κ1) is 16.7. The Morgan fingerprint density at radius 2 is 2.04 bits per heavy atom. The van der Waals surface area contributed by atoms with Gasteiger partial charge in [-0.25, -0.2) is 12.8 Å². The molecule has 1 saturated heterocycles. The van der Waals surface area contributed by atoms with Gasteiger partial charge in [0.25, 0.3) is 0 Å². The Labute approximate surface area is 140 Å². The highest BCUT2D eigenvalue weighted by Gasteiger charge is 2.23. The fraction of sp³-hybridized carbons (Fsp3) is 0.500. The zero-order chi connectivity index (χ0) is 16.4. The molecule has 1 aromatic carbocycles. The van der Waals surface area contributed by atoms with Crippen molar-refractivity contribution in [3.8, 4) is 0 Å². The number of aromatic amines is 1. The van der Waals surface area contributed by atoms with Crippen molar-refractivity contribution in [1.82, 2.24) is 10.3 Å². The van der Waals surface area contributed by atoms with E-state index in [0.29, 0.717) is 34.6 Å². The lowest BCUT2D eigenvalue weighted by Crippen LogP contribution is -2.26. The van der Waals surface area contributed by atoms with Crippen LogP contribution in [0.3, 0.4) is 0 Å². The summed E-state index contributed by atoms with van der Waals surface area (Å²) in [5.41, 5.74) is 1.31. The molecular weight excluding hydrogens is 339 g/mol. The van der Waals surface area contributed by atoms with Crippen LogP contribution in [-0.4, -0.2) is 31.5 Å². The first-order chi connectivity index (χ1) is 11.0. The Hall–Kier alpha value is -1.11. The lowest BCUT2D eigenvalue weighted by molar-refractivity contribution is 0.421. The van der Waals surface area contributed by atoms with Crippen LogP contribution < -0.4 is 5.32 Å². The van der Waals surface area contributed by atoms with Gasteiger partial charge in [0, 0.05) is 23.7 Å². The molecule has 3 rings (SSSR count). The highest BCUT2D eigenvalue weighted by Crippen LogP contribution is 2.27. The van der Waals surface area contributed by atoms with Crippen molar-refractivity contribution in [2.45, 2.75) is 25.8 Å². The minimum atomic E-state index is -2.80. The molecule has 1 aromatic heterocycles.